The maximum Gasteiger partial charge on any atom is 0.252 e. The first-order chi connectivity index (χ1) is 9.24. The van der Waals surface area contributed by atoms with Crippen molar-refractivity contribution in [1.82, 2.24) is 9.97 Å². The summed E-state index contributed by atoms with van der Waals surface area (Å²) in [4.78, 5) is 19.1. The zero-order valence-electron chi connectivity index (χ0n) is 11.6. The molecule has 3 rings (SSSR count). The zero-order valence-corrected chi connectivity index (χ0v) is 11.6. The van der Waals surface area contributed by atoms with Gasteiger partial charge in [-0.15, -0.1) is 0 Å². The smallest absolute Gasteiger partial charge is 0.252 e. The van der Waals surface area contributed by atoms with Crippen LogP contribution in [-0.4, -0.2) is 16.0 Å². The normalized spacial score (nSPS) is 27.2. The fourth-order valence-corrected chi connectivity index (χ4v) is 3.02. The Balaban J connectivity index is 1.65. The monoisotopic (exact) mass is 261 g/mol. The molecular formula is C15H23N3O. The molecule has 2 fully saturated rings. The first-order valence-electron chi connectivity index (χ1n) is 7.62. The number of aromatic amines is 1. The fraction of sp³-hybridized carbons (Fsp3) is 0.733. The summed E-state index contributed by atoms with van der Waals surface area (Å²) in [7, 11) is 0. The van der Waals surface area contributed by atoms with Crippen LogP contribution < -0.4 is 10.9 Å². The molecule has 2 aliphatic carbocycles. The third-order valence-electron chi connectivity index (χ3n) is 4.50. The molecule has 0 unspecified atom stereocenters. The molecule has 4 heteroatoms. The van der Waals surface area contributed by atoms with Crippen molar-refractivity contribution in [3.05, 3.63) is 22.2 Å². The van der Waals surface area contributed by atoms with E-state index in [0.717, 1.165) is 30.4 Å². The van der Waals surface area contributed by atoms with Gasteiger partial charge in [0, 0.05) is 18.0 Å². The Morgan fingerprint density at radius 1 is 1.26 bits per heavy atom. The minimum atomic E-state index is -0.0263. The lowest BCUT2D eigenvalue weighted by Gasteiger charge is -2.28. The highest BCUT2D eigenvalue weighted by atomic mass is 16.1. The van der Waals surface area contributed by atoms with E-state index in [0.29, 0.717) is 12.0 Å². The van der Waals surface area contributed by atoms with Gasteiger partial charge < -0.3 is 10.3 Å². The number of nitrogens with one attached hydrogen (secondary N) is 2. The Labute approximate surface area is 114 Å². The van der Waals surface area contributed by atoms with Crippen molar-refractivity contribution < 1.29 is 0 Å². The molecular weight excluding hydrogens is 238 g/mol. The number of rotatable bonds is 4. The molecule has 2 N–H and O–H groups in total. The summed E-state index contributed by atoms with van der Waals surface area (Å²) >= 11 is 0. The van der Waals surface area contributed by atoms with Crippen molar-refractivity contribution in [2.75, 3.05) is 5.32 Å². The SMILES string of the molecule is CCC1CCC(Nc2cc(=O)[nH]c(C3CC3)n2)CC1. The topological polar surface area (TPSA) is 57.8 Å². The van der Waals surface area contributed by atoms with Crippen molar-refractivity contribution in [2.24, 2.45) is 5.92 Å². The molecule has 104 valence electrons. The van der Waals surface area contributed by atoms with E-state index in [1.165, 1.54) is 32.1 Å². The second-order valence-corrected chi connectivity index (χ2v) is 6.06. The lowest BCUT2D eigenvalue weighted by atomic mass is 9.84. The highest BCUT2D eigenvalue weighted by molar-refractivity contribution is 5.35. The molecule has 1 heterocycles. The van der Waals surface area contributed by atoms with E-state index in [1.54, 1.807) is 6.07 Å². The Kier molecular flexibility index (Phi) is 3.58. The van der Waals surface area contributed by atoms with Crippen LogP contribution in [0.5, 0.6) is 0 Å². The molecule has 0 spiro atoms. The third-order valence-corrected chi connectivity index (χ3v) is 4.50. The van der Waals surface area contributed by atoms with Gasteiger partial charge in [-0.3, -0.25) is 4.79 Å². The van der Waals surface area contributed by atoms with E-state index in [9.17, 15) is 4.79 Å². The van der Waals surface area contributed by atoms with Gasteiger partial charge in [-0.2, -0.15) is 0 Å². The molecule has 2 aliphatic rings. The van der Waals surface area contributed by atoms with Gasteiger partial charge in [0.05, 0.1) is 0 Å². The Hall–Kier alpha value is -1.32. The van der Waals surface area contributed by atoms with E-state index in [-0.39, 0.29) is 5.56 Å². The number of aromatic nitrogens is 2. The van der Waals surface area contributed by atoms with Crippen LogP contribution in [-0.2, 0) is 0 Å². The van der Waals surface area contributed by atoms with E-state index in [2.05, 4.69) is 22.2 Å². The number of H-pyrrole nitrogens is 1. The van der Waals surface area contributed by atoms with E-state index < -0.39 is 0 Å². The van der Waals surface area contributed by atoms with Crippen molar-refractivity contribution >= 4 is 5.82 Å². The number of hydrogen-bond acceptors (Lipinski definition) is 3. The summed E-state index contributed by atoms with van der Waals surface area (Å²) in [6, 6.07) is 2.08. The molecule has 0 saturated heterocycles. The zero-order chi connectivity index (χ0) is 13.2. The second kappa shape index (κ2) is 5.35. The summed E-state index contributed by atoms with van der Waals surface area (Å²) in [5.74, 6) is 3.03. The number of anilines is 1. The van der Waals surface area contributed by atoms with E-state index in [4.69, 9.17) is 0 Å². The predicted molar refractivity (Wildman–Crippen MR) is 76.5 cm³/mol. The lowest BCUT2D eigenvalue weighted by Crippen LogP contribution is -2.27. The molecule has 19 heavy (non-hydrogen) atoms. The maximum atomic E-state index is 11.6. The van der Waals surface area contributed by atoms with Crippen LogP contribution in [0, 0.1) is 5.92 Å². The van der Waals surface area contributed by atoms with Gasteiger partial charge in [0.1, 0.15) is 11.6 Å². The molecule has 2 saturated carbocycles. The molecule has 1 aromatic heterocycles. The third kappa shape index (κ3) is 3.17. The molecule has 0 bridgehead atoms. The molecule has 4 nitrogen and oxygen atoms in total. The van der Waals surface area contributed by atoms with Gasteiger partial charge in [-0.1, -0.05) is 13.3 Å². The van der Waals surface area contributed by atoms with E-state index >= 15 is 0 Å². The highest BCUT2D eigenvalue weighted by Crippen LogP contribution is 2.37. The van der Waals surface area contributed by atoms with Crippen LogP contribution in [0.2, 0.25) is 0 Å². The maximum absolute atomic E-state index is 11.6. The fourth-order valence-electron chi connectivity index (χ4n) is 3.02. The number of nitrogens with zero attached hydrogens (tertiary/aromatic N) is 1. The van der Waals surface area contributed by atoms with Crippen LogP contribution in [0.15, 0.2) is 10.9 Å². The van der Waals surface area contributed by atoms with Gasteiger partial charge in [-0.25, -0.2) is 4.98 Å². The van der Waals surface area contributed by atoms with Gasteiger partial charge >= 0.3 is 0 Å². The van der Waals surface area contributed by atoms with Crippen molar-refractivity contribution in [1.29, 1.82) is 0 Å². The van der Waals surface area contributed by atoms with Gasteiger partial charge in [0.2, 0.25) is 0 Å². The second-order valence-electron chi connectivity index (χ2n) is 6.06. The first kappa shape index (κ1) is 12.7. The van der Waals surface area contributed by atoms with Crippen LogP contribution in [0.25, 0.3) is 0 Å². The number of hydrogen-bond donors (Lipinski definition) is 2. The highest BCUT2D eigenvalue weighted by Gasteiger charge is 2.27. The minimum absolute atomic E-state index is 0.0263. The van der Waals surface area contributed by atoms with Crippen molar-refractivity contribution in [3.63, 3.8) is 0 Å². The average Bonchev–Trinajstić information content (AvgIpc) is 3.23. The molecule has 0 radical (unpaired) electrons. The summed E-state index contributed by atoms with van der Waals surface area (Å²) < 4.78 is 0. The molecule has 0 atom stereocenters. The van der Waals surface area contributed by atoms with Gasteiger partial charge in [-0.05, 0) is 44.4 Å². The Morgan fingerprint density at radius 2 is 2.00 bits per heavy atom. The van der Waals surface area contributed by atoms with Crippen molar-refractivity contribution in [2.45, 2.75) is 63.8 Å². The molecule has 0 amide bonds. The van der Waals surface area contributed by atoms with Gasteiger partial charge in [0.25, 0.3) is 5.56 Å². The average molecular weight is 261 g/mol. The molecule has 1 aromatic rings. The van der Waals surface area contributed by atoms with Crippen LogP contribution in [0.1, 0.15) is 63.6 Å². The molecule has 0 aliphatic heterocycles. The summed E-state index contributed by atoms with van der Waals surface area (Å²) in [5, 5.41) is 3.46. The first-order valence-corrected chi connectivity index (χ1v) is 7.62. The van der Waals surface area contributed by atoms with E-state index in [1.807, 2.05) is 0 Å². The minimum Gasteiger partial charge on any atom is -0.367 e. The lowest BCUT2D eigenvalue weighted by molar-refractivity contribution is 0.330. The van der Waals surface area contributed by atoms with Crippen LogP contribution in [0.4, 0.5) is 5.82 Å². The molecule has 0 aromatic carbocycles. The van der Waals surface area contributed by atoms with Crippen LogP contribution >= 0.6 is 0 Å². The Bertz CT molecular complexity index is 484. The largest absolute Gasteiger partial charge is 0.367 e. The summed E-state index contributed by atoms with van der Waals surface area (Å²) in [6.07, 6.45) is 8.61. The summed E-state index contributed by atoms with van der Waals surface area (Å²) in [5.41, 5.74) is -0.0263. The summed E-state index contributed by atoms with van der Waals surface area (Å²) in [6.45, 7) is 2.28. The quantitative estimate of drug-likeness (QED) is 0.876. The Morgan fingerprint density at radius 3 is 2.63 bits per heavy atom. The van der Waals surface area contributed by atoms with Crippen molar-refractivity contribution in [3.8, 4) is 0 Å². The van der Waals surface area contributed by atoms with Gasteiger partial charge in [0.15, 0.2) is 0 Å². The van der Waals surface area contributed by atoms with Crippen LogP contribution in [0.3, 0.4) is 0 Å². The predicted octanol–water partition coefficient (Wildman–Crippen LogP) is 3.03. The standard InChI is InChI=1S/C15H23N3O/c1-2-10-3-7-12(8-4-10)16-13-9-14(19)18-15(17-13)11-5-6-11/h9-12H,2-8H2,1H3,(H2,16,17,18,19).